The van der Waals surface area contributed by atoms with Crippen molar-refractivity contribution in [2.75, 3.05) is 13.1 Å². The van der Waals surface area contributed by atoms with Crippen LogP contribution in [-0.4, -0.2) is 47.2 Å². The molecular formula is C23H24F3N3O3. The Hall–Kier alpha value is -3.10. The summed E-state index contributed by atoms with van der Waals surface area (Å²) in [6, 6.07) is 7.86. The van der Waals surface area contributed by atoms with Crippen LogP contribution >= 0.6 is 0 Å². The van der Waals surface area contributed by atoms with E-state index in [2.05, 4.69) is 15.0 Å². The minimum absolute atomic E-state index is 0.114. The summed E-state index contributed by atoms with van der Waals surface area (Å²) >= 11 is 0. The monoisotopic (exact) mass is 447 g/mol. The molecule has 32 heavy (non-hydrogen) atoms. The highest BCUT2D eigenvalue weighted by molar-refractivity contribution is 5.97. The van der Waals surface area contributed by atoms with E-state index in [1.165, 1.54) is 49.4 Å². The van der Waals surface area contributed by atoms with Gasteiger partial charge in [0.05, 0.1) is 11.3 Å². The molecule has 1 aliphatic carbocycles. The van der Waals surface area contributed by atoms with Gasteiger partial charge in [0.2, 0.25) is 5.91 Å². The molecule has 1 aromatic heterocycles. The molecule has 9 heteroatoms. The van der Waals surface area contributed by atoms with E-state index in [-0.39, 0.29) is 28.5 Å². The van der Waals surface area contributed by atoms with Gasteiger partial charge in [-0.15, -0.1) is 13.2 Å². The van der Waals surface area contributed by atoms with Crippen molar-refractivity contribution < 1.29 is 27.5 Å². The Kier molecular flexibility index (Phi) is 5.83. The van der Waals surface area contributed by atoms with Crippen LogP contribution in [0, 0.1) is 5.41 Å². The molecule has 0 unspecified atom stereocenters. The number of pyridine rings is 1. The SMILES string of the molecule is C[C@@H](NC(=O)c1ccc(-c2ccccc2OC(F)(F)F)nc1)C(=O)N1CCC2(CC1)CC2. The first-order valence-electron chi connectivity index (χ1n) is 10.6. The number of likely N-dealkylation sites (tertiary alicyclic amines) is 1. The first-order valence-corrected chi connectivity index (χ1v) is 10.6. The van der Waals surface area contributed by atoms with Gasteiger partial charge in [-0.3, -0.25) is 14.6 Å². The molecule has 1 saturated carbocycles. The molecule has 0 bridgehead atoms. The summed E-state index contributed by atoms with van der Waals surface area (Å²) in [5.74, 6) is -0.963. The van der Waals surface area contributed by atoms with E-state index in [1.54, 1.807) is 17.9 Å². The van der Waals surface area contributed by atoms with Crippen molar-refractivity contribution in [1.29, 1.82) is 0 Å². The minimum atomic E-state index is -4.83. The molecule has 0 radical (unpaired) electrons. The van der Waals surface area contributed by atoms with Crippen molar-refractivity contribution in [3.8, 4) is 17.0 Å². The van der Waals surface area contributed by atoms with Crippen molar-refractivity contribution in [3.63, 3.8) is 0 Å². The predicted molar refractivity (Wildman–Crippen MR) is 111 cm³/mol. The Bertz CT molecular complexity index is 994. The number of para-hydroxylation sites is 1. The third-order valence-corrected chi connectivity index (χ3v) is 6.23. The topological polar surface area (TPSA) is 71.5 Å². The van der Waals surface area contributed by atoms with Gasteiger partial charge < -0.3 is 15.0 Å². The summed E-state index contributed by atoms with van der Waals surface area (Å²) in [6.45, 7) is 3.08. The molecule has 4 rings (SSSR count). The number of hydrogen-bond donors (Lipinski definition) is 1. The van der Waals surface area contributed by atoms with E-state index in [0.29, 0.717) is 18.5 Å². The lowest BCUT2D eigenvalue weighted by atomic mass is 9.93. The second kappa shape index (κ2) is 8.44. The Morgan fingerprint density at radius 1 is 1.09 bits per heavy atom. The van der Waals surface area contributed by atoms with Gasteiger partial charge in [0.15, 0.2) is 0 Å². The van der Waals surface area contributed by atoms with Crippen molar-refractivity contribution in [3.05, 3.63) is 48.2 Å². The van der Waals surface area contributed by atoms with Crippen LogP contribution in [0.4, 0.5) is 13.2 Å². The minimum Gasteiger partial charge on any atom is -0.405 e. The van der Waals surface area contributed by atoms with Gasteiger partial charge >= 0.3 is 6.36 Å². The molecular weight excluding hydrogens is 423 g/mol. The number of hydrogen-bond acceptors (Lipinski definition) is 4. The van der Waals surface area contributed by atoms with E-state index in [4.69, 9.17) is 0 Å². The highest BCUT2D eigenvalue weighted by Gasteiger charge is 2.45. The summed E-state index contributed by atoms with van der Waals surface area (Å²) in [5, 5.41) is 2.69. The van der Waals surface area contributed by atoms with Gasteiger partial charge in [0, 0.05) is 24.8 Å². The fourth-order valence-corrected chi connectivity index (χ4v) is 4.07. The Labute approximate surface area is 183 Å². The number of aromatic nitrogens is 1. The zero-order valence-corrected chi connectivity index (χ0v) is 17.6. The van der Waals surface area contributed by atoms with Gasteiger partial charge in [-0.25, -0.2) is 0 Å². The first-order chi connectivity index (χ1) is 15.2. The first kappa shape index (κ1) is 22.1. The molecule has 1 aromatic carbocycles. The normalized spacial score (nSPS) is 18.2. The average molecular weight is 447 g/mol. The van der Waals surface area contributed by atoms with Gasteiger partial charge in [0.25, 0.3) is 5.91 Å². The summed E-state index contributed by atoms with van der Waals surface area (Å²) in [6.07, 6.45) is 0.971. The molecule has 1 atom stereocenters. The third-order valence-electron chi connectivity index (χ3n) is 6.23. The van der Waals surface area contributed by atoms with Crippen LogP contribution in [0.15, 0.2) is 42.6 Å². The number of nitrogens with zero attached hydrogens (tertiary/aromatic N) is 2. The highest BCUT2D eigenvalue weighted by Crippen LogP contribution is 2.53. The fraction of sp³-hybridized carbons (Fsp3) is 0.435. The smallest absolute Gasteiger partial charge is 0.405 e. The summed E-state index contributed by atoms with van der Waals surface area (Å²) in [4.78, 5) is 31.2. The van der Waals surface area contributed by atoms with E-state index >= 15 is 0 Å². The number of nitrogens with one attached hydrogen (secondary N) is 1. The van der Waals surface area contributed by atoms with E-state index in [1.807, 2.05) is 0 Å². The molecule has 1 aliphatic heterocycles. The summed E-state index contributed by atoms with van der Waals surface area (Å²) < 4.78 is 42.0. The third kappa shape index (κ3) is 5.03. The number of amides is 2. The molecule has 1 spiro atoms. The number of rotatable bonds is 5. The van der Waals surface area contributed by atoms with Crippen molar-refractivity contribution in [1.82, 2.24) is 15.2 Å². The maximum absolute atomic E-state index is 12.7. The lowest BCUT2D eigenvalue weighted by molar-refractivity contribution is -0.274. The van der Waals surface area contributed by atoms with Crippen LogP contribution in [0.5, 0.6) is 5.75 Å². The maximum atomic E-state index is 12.7. The Morgan fingerprint density at radius 2 is 1.78 bits per heavy atom. The molecule has 2 aliphatic rings. The van der Waals surface area contributed by atoms with E-state index in [9.17, 15) is 22.8 Å². The van der Waals surface area contributed by atoms with Gasteiger partial charge in [-0.1, -0.05) is 12.1 Å². The van der Waals surface area contributed by atoms with Crippen molar-refractivity contribution in [2.45, 2.75) is 45.0 Å². The summed E-state index contributed by atoms with van der Waals surface area (Å²) in [5.41, 5.74) is 1.05. The second-order valence-corrected chi connectivity index (χ2v) is 8.50. The zero-order chi connectivity index (χ0) is 22.9. The number of carbonyl (C=O) groups is 2. The van der Waals surface area contributed by atoms with Crippen LogP contribution in [0.3, 0.4) is 0 Å². The largest absolute Gasteiger partial charge is 0.573 e. The molecule has 2 heterocycles. The standard InChI is InChI=1S/C23H24F3N3O3/c1-15(21(31)29-12-10-22(8-9-22)11-13-29)28-20(30)16-6-7-18(27-14-16)17-4-2-3-5-19(17)32-23(24,25)26/h2-7,14-15H,8-13H2,1H3,(H,28,30)/t15-/m1/s1. The molecule has 2 fully saturated rings. The van der Waals surface area contributed by atoms with Crippen LogP contribution in [0.2, 0.25) is 0 Å². The Morgan fingerprint density at radius 3 is 2.38 bits per heavy atom. The quantitative estimate of drug-likeness (QED) is 0.747. The van der Waals surface area contributed by atoms with Gasteiger partial charge in [-0.05, 0) is 62.3 Å². The number of benzene rings is 1. The number of halogens is 3. The summed E-state index contributed by atoms with van der Waals surface area (Å²) in [7, 11) is 0. The highest BCUT2D eigenvalue weighted by atomic mass is 19.4. The molecule has 170 valence electrons. The van der Waals surface area contributed by atoms with E-state index in [0.717, 1.165) is 12.8 Å². The van der Waals surface area contributed by atoms with Crippen LogP contribution < -0.4 is 10.1 Å². The predicted octanol–water partition coefficient (Wildman–Crippen LogP) is 4.17. The second-order valence-electron chi connectivity index (χ2n) is 8.50. The van der Waals surface area contributed by atoms with Crippen LogP contribution in [0.25, 0.3) is 11.3 Å². The maximum Gasteiger partial charge on any atom is 0.573 e. The van der Waals surface area contributed by atoms with Gasteiger partial charge in [0.1, 0.15) is 11.8 Å². The molecule has 1 saturated heterocycles. The van der Waals surface area contributed by atoms with E-state index < -0.39 is 18.3 Å². The lowest BCUT2D eigenvalue weighted by Crippen LogP contribution is -2.49. The zero-order valence-electron chi connectivity index (χ0n) is 17.6. The van der Waals surface area contributed by atoms with Crippen molar-refractivity contribution >= 4 is 11.8 Å². The van der Waals surface area contributed by atoms with Gasteiger partial charge in [-0.2, -0.15) is 0 Å². The number of alkyl halides is 3. The molecule has 2 amide bonds. The Balaban J connectivity index is 1.39. The fourth-order valence-electron chi connectivity index (χ4n) is 4.07. The molecule has 1 N–H and O–H groups in total. The van der Waals surface area contributed by atoms with Crippen LogP contribution in [0.1, 0.15) is 43.0 Å². The number of carbonyl (C=O) groups excluding carboxylic acids is 2. The number of ether oxygens (including phenoxy) is 1. The average Bonchev–Trinajstić information content (AvgIpc) is 3.52. The lowest BCUT2D eigenvalue weighted by Gasteiger charge is -2.33. The van der Waals surface area contributed by atoms with Crippen LogP contribution in [-0.2, 0) is 4.79 Å². The van der Waals surface area contributed by atoms with Crippen molar-refractivity contribution in [2.24, 2.45) is 5.41 Å². The molecule has 2 aromatic rings. The number of piperidine rings is 1. The molecule has 6 nitrogen and oxygen atoms in total.